The molecule has 0 unspecified atom stereocenters. The number of piperidine rings is 1. The van der Waals surface area contributed by atoms with Crippen LogP contribution in [0.5, 0.6) is 0 Å². The largest absolute Gasteiger partial charge is 0.371 e. The molecule has 3 aromatic rings. The van der Waals surface area contributed by atoms with E-state index >= 15 is 0 Å². The number of primary sulfonamides is 1. The van der Waals surface area contributed by atoms with Crippen molar-refractivity contribution >= 4 is 49.8 Å². The Morgan fingerprint density at radius 3 is 2.47 bits per heavy atom. The van der Waals surface area contributed by atoms with Crippen LogP contribution in [-0.4, -0.2) is 32.4 Å². The molecule has 1 aliphatic rings. The van der Waals surface area contributed by atoms with Gasteiger partial charge in [0.05, 0.1) is 10.4 Å². The van der Waals surface area contributed by atoms with E-state index in [1.54, 1.807) is 18.3 Å². The standard InChI is InChI=1S/C21H21ClN4O3S/c22-15-1-6-18-19(13-15)24-10-7-20(18)26-11-8-14(9-12-26)21(27)25-16-2-4-17(5-3-16)30(23,28)29/h1-7,10,13-14H,8-9,11-12H2,(H,25,27)(H2,23,28,29). The lowest BCUT2D eigenvalue weighted by Crippen LogP contribution is -2.38. The third-order valence-electron chi connectivity index (χ3n) is 5.34. The highest BCUT2D eigenvalue weighted by Gasteiger charge is 2.26. The van der Waals surface area contributed by atoms with E-state index in [9.17, 15) is 13.2 Å². The minimum absolute atomic E-state index is 0.0136. The molecule has 1 amide bonds. The van der Waals surface area contributed by atoms with E-state index < -0.39 is 10.0 Å². The van der Waals surface area contributed by atoms with Gasteiger partial charge in [-0.3, -0.25) is 9.78 Å². The number of carbonyl (C=O) groups is 1. The summed E-state index contributed by atoms with van der Waals surface area (Å²) in [6.07, 6.45) is 3.22. The molecule has 2 heterocycles. The molecule has 1 aliphatic heterocycles. The number of fused-ring (bicyclic) bond motifs is 1. The highest BCUT2D eigenvalue weighted by atomic mass is 35.5. The van der Waals surface area contributed by atoms with Gasteiger partial charge in [-0.05, 0) is 61.4 Å². The van der Waals surface area contributed by atoms with Gasteiger partial charge in [-0.1, -0.05) is 11.6 Å². The quantitative estimate of drug-likeness (QED) is 0.641. The van der Waals surface area contributed by atoms with Crippen LogP contribution in [0.1, 0.15) is 12.8 Å². The van der Waals surface area contributed by atoms with Gasteiger partial charge in [0.1, 0.15) is 0 Å². The average molecular weight is 445 g/mol. The summed E-state index contributed by atoms with van der Waals surface area (Å²) >= 11 is 6.07. The second kappa shape index (κ2) is 8.22. The lowest BCUT2D eigenvalue weighted by Gasteiger charge is -2.33. The number of carbonyl (C=O) groups excluding carboxylic acids is 1. The predicted molar refractivity (Wildman–Crippen MR) is 118 cm³/mol. The highest BCUT2D eigenvalue weighted by Crippen LogP contribution is 2.31. The Morgan fingerprint density at radius 2 is 1.80 bits per heavy atom. The number of hydrogen-bond donors (Lipinski definition) is 2. The summed E-state index contributed by atoms with van der Waals surface area (Å²) in [4.78, 5) is 19.3. The first kappa shape index (κ1) is 20.6. The zero-order valence-corrected chi connectivity index (χ0v) is 17.7. The van der Waals surface area contributed by atoms with E-state index in [1.807, 2.05) is 24.3 Å². The number of sulfonamides is 1. The lowest BCUT2D eigenvalue weighted by atomic mass is 9.95. The summed E-state index contributed by atoms with van der Waals surface area (Å²) in [5.74, 6) is -0.175. The SMILES string of the molecule is NS(=O)(=O)c1ccc(NC(=O)C2CCN(c3ccnc4cc(Cl)ccc34)CC2)cc1. The topological polar surface area (TPSA) is 105 Å². The second-order valence-electron chi connectivity index (χ2n) is 7.31. The van der Waals surface area contributed by atoms with Crippen molar-refractivity contribution in [3.05, 3.63) is 59.8 Å². The number of nitrogens with one attached hydrogen (secondary N) is 1. The molecule has 0 saturated carbocycles. The number of halogens is 1. The Bertz CT molecular complexity index is 1190. The van der Waals surface area contributed by atoms with E-state index in [4.69, 9.17) is 16.7 Å². The molecule has 9 heteroatoms. The van der Waals surface area contributed by atoms with E-state index in [2.05, 4.69) is 15.2 Å². The maximum absolute atomic E-state index is 12.6. The van der Waals surface area contributed by atoms with Crippen LogP contribution in [0.15, 0.2) is 59.6 Å². The molecule has 156 valence electrons. The monoisotopic (exact) mass is 444 g/mol. The maximum Gasteiger partial charge on any atom is 0.238 e. The zero-order valence-electron chi connectivity index (χ0n) is 16.1. The third-order valence-corrected chi connectivity index (χ3v) is 6.50. The molecular weight excluding hydrogens is 424 g/mol. The number of anilines is 2. The third kappa shape index (κ3) is 4.40. The first-order valence-electron chi connectivity index (χ1n) is 9.54. The summed E-state index contributed by atoms with van der Waals surface area (Å²) < 4.78 is 22.7. The molecule has 2 aromatic carbocycles. The van der Waals surface area contributed by atoms with Gasteiger partial charge in [0.15, 0.2) is 0 Å². The van der Waals surface area contributed by atoms with Gasteiger partial charge in [0.2, 0.25) is 15.9 Å². The first-order valence-corrected chi connectivity index (χ1v) is 11.5. The van der Waals surface area contributed by atoms with Gasteiger partial charge in [0.25, 0.3) is 0 Å². The van der Waals surface area contributed by atoms with Gasteiger partial charge in [-0.2, -0.15) is 0 Å². The van der Waals surface area contributed by atoms with Gasteiger partial charge in [-0.15, -0.1) is 0 Å². The number of amides is 1. The maximum atomic E-state index is 12.6. The second-order valence-corrected chi connectivity index (χ2v) is 9.31. The van der Waals surface area contributed by atoms with Crippen molar-refractivity contribution in [3.8, 4) is 0 Å². The number of pyridine rings is 1. The number of nitrogens with zero attached hydrogens (tertiary/aromatic N) is 2. The molecule has 1 aromatic heterocycles. The van der Waals surface area contributed by atoms with Crippen molar-refractivity contribution in [2.24, 2.45) is 11.1 Å². The Labute approximate surface area is 179 Å². The van der Waals surface area contributed by atoms with Gasteiger partial charge in [-0.25, -0.2) is 13.6 Å². The van der Waals surface area contributed by atoms with E-state index in [1.165, 1.54) is 12.1 Å². The fraction of sp³-hybridized carbons (Fsp3) is 0.238. The summed E-state index contributed by atoms with van der Waals surface area (Å²) in [6.45, 7) is 1.51. The van der Waals surface area contributed by atoms with Crippen LogP contribution >= 0.6 is 11.6 Å². The number of aromatic nitrogens is 1. The molecule has 0 radical (unpaired) electrons. The van der Waals surface area contributed by atoms with Crippen molar-refractivity contribution in [2.45, 2.75) is 17.7 Å². The van der Waals surface area contributed by atoms with Gasteiger partial charge >= 0.3 is 0 Å². The van der Waals surface area contributed by atoms with Crippen LogP contribution in [0, 0.1) is 5.92 Å². The number of benzene rings is 2. The Kier molecular flexibility index (Phi) is 5.64. The molecule has 30 heavy (non-hydrogen) atoms. The first-order chi connectivity index (χ1) is 14.3. The fourth-order valence-corrected chi connectivity index (χ4v) is 4.42. The zero-order chi connectivity index (χ0) is 21.3. The summed E-state index contributed by atoms with van der Waals surface area (Å²) in [7, 11) is -3.75. The molecular formula is C21H21ClN4O3S. The number of rotatable bonds is 4. The lowest BCUT2D eigenvalue weighted by molar-refractivity contribution is -0.120. The molecule has 0 atom stereocenters. The number of nitrogens with two attached hydrogens (primary N) is 1. The summed E-state index contributed by atoms with van der Waals surface area (Å²) in [5, 5.41) is 9.65. The van der Waals surface area contributed by atoms with Crippen LogP contribution in [0.2, 0.25) is 5.02 Å². The van der Waals surface area contributed by atoms with Gasteiger partial charge in [0, 0.05) is 47.0 Å². The van der Waals surface area contributed by atoms with Crippen molar-refractivity contribution in [3.63, 3.8) is 0 Å². The molecule has 0 bridgehead atoms. The van der Waals surface area contributed by atoms with Crippen LogP contribution in [0.25, 0.3) is 10.9 Å². The van der Waals surface area contributed by atoms with E-state index in [-0.39, 0.29) is 16.7 Å². The average Bonchev–Trinajstić information content (AvgIpc) is 2.73. The van der Waals surface area contributed by atoms with Crippen LogP contribution in [0.4, 0.5) is 11.4 Å². The molecule has 7 nitrogen and oxygen atoms in total. The van der Waals surface area contributed by atoms with E-state index in [0.29, 0.717) is 10.7 Å². The van der Waals surface area contributed by atoms with Crippen molar-refractivity contribution in [1.82, 2.24) is 4.98 Å². The van der Waals surface area contributed by atoms with Crippen LogP contribution in [0.3, 0.4) is 0 Å². The molecule has 1 saturated heterocycles. The minimum Gasteiger partial charge on any atom is -0.371 e. The molecule has 0 spiro atoms. The highest BCUT2D eigenvalue weighted by molar-refractivity contribution is 7.89. The van der Waals surface area contributed by atoms with Crippen molar-refractivity contribution < 1.29 is 13.2 Å². The van der Waals surface area contributed by atoms with Crippen LogP contribution < -0.4 is 15.4 Å². The Morgan fingerprint density at radius 1 is 1.10 bits per heavy atom. The summed E-state index contributed by atoms with van der Waals surface area (Å²) in [5.41, 5.74) is 2.49. The van der Waals surface area contributed by atoms with Crippen molar-refractivity contribution in [2.75, 3.05) is 23.3 Å². The Balaban J connectivity index is 1.40. The molecule has 4 rings (SSSR count). The Hall–Kier alpha value is -2.68. The predicted octanol–water partition coefficient (Wildman–Crippen LogP) is 3.39. The molecule has 1 fully saturated rings. The van der Waals surface area contributed by atoms with Crippen molar-refractivity contribution in [1.29, 1.82) is 0 Å². The smallest absolute Gasteiger partial charge is 0.238 e. The minimum atomic E-state index is -3.75. The molecule has 0 aliphatic carbocycles. The fourth-order valence-electron chi connectivity index (χ4n) is 3.74. The molecule has 3 N–H and O–H groups in total. The number of hydrogen-bond acceptors (Lipinski definition) is 5. The van der Waals surface area contributed by atoms with Crippen LogP contribution in [-0.2, 0) is 14.8 Å². The van der Waals surface area contributed by atoms with Gasteiger partial charge < -0.3 is 10.2 Å². The summed E-state index contributed by atoms with van der Waals surface area (Å²) in [6, 6.07) is 13.5. The normalized spacial score (nSPS) is 15.3. The van der Waals surface area contributed by atoms with E-state index in [0.717, 1.165) is 42.5 Å².